The minimum absolute atomic E-state index is 0. The molecule has 12 atom stereocenters. The maximum Gasteiger partial charge on any atom is 1.00 e. The third kappa shape index (κ3) is 13.1. The second-order valence-corrected chi connectivity index (χ2v) is 23.9. The number of rotatable bonds is 16. The molecule has 4 aromatic carbocycles. The van der Waals surface area contributed by atoms with Crippen molar-refractivity contribution in [1.82, 2.24) is 0 Å². The Balaban J connectivity index is 0.00000553. The van der Waals surface area contributed by atoms with Gasteiger partial charge in [-0.05, 0) is 85.2 Å². The summed E-state index contributed by atoms with van der Waals surface area (Å²) >= 11 is 0. The number of benzene rings is 4. The number of hydrogen-bond acceptors (Lipinski definition) is 19. The molecule has 3 N–H and O–H groups in total. The van der Waals surface area contributed by atoms with Gasteiger partial charge in [-0.1, -0.05) is 113 Å². The van der Waals surface area contributed by atoms with E-state index >= 15 is 4.79 Å². The fourth-order valence-electron chi connectivity index (χ4n) is 12.9. The summed E-state index contributed by atoms with van der Waals surface area (Å²) in [5.74, 6) is -8.95. The Kier molecular flexibility index (Phi) is 20.6. The van der Waals surface area contributed by atoms with Crippen LogP contribution < -0.4 is 73.6 Å². The van der Waals surface area contributed by atoms with Crippen LogP contribution in [0.25, 0.3) is 0 Å². The number of ketones is 1. The molecule has 432 valence electrons. The molecule has 1 saturated heterocycles. The van der Waals surface area contributed by atoms with Crippen LogP contribution in [0.4, 0.5) is 0 Å². The van der Waals surface area contributed by atoms with E-state index in [2.05, 4.69) is 4.99 Å². The number of hydrogen-bond donors (Lipinski definition) is 3. The van der Waals surface area contributed by atoms with Crippen LogP contribution in [0.15, 0.2) is 119 Å². The molecule has 1 heterocycles. The Bertz CT molecular complexity index is 3240. The van der Waals surface area contributed by atoms with Crippen molar-refractivity contribution in [2.24, 2.45) is 21.7 Å². The van der Waals surface area contributed by atoms with Crippen molar-refractivity contribution >= 4 is 49.4 Å². The van der Waals surface area contributed by atoms with E-state index in [4.69, 9.17) is 32.9 Å². The molecule has 0 aromatic heterocycles. The van der Waals surface area contributed by atoms with Gasteiger partial charge in [-0.3, -0.25) is 28.7 Å². The van der Waals surface area contributed by atoms with Crippen molar-refractivity contribution in [3.63, 3.8) is 0 Å². The number of phosphoric ester groups is 1. The van der Waals surface area contributed by atoms with E-state index in [0.717, 1.165) is 13.8 Å². The molecular weight excluding hydrogens is 1120 g/mol. The number of fused-ring (bicyclic) bond motifs is 5. The summed E-state index contributed by atoms with van der Waals surface area (Å²) in [6.45, 7) is 14.1. The smallest absolute Gasteiger partial charge is 0.858 e. The van der Waals surface area contributed by atoms with Crippen LogP contribution in [-0.4, -0.2) is 111 Å². The largest absolute Gasteiger partial charge is 1.00 e. The Labute approximate surface area is 525 Å². The van der Waals surface area contributed by atoms with Crippen LogP contribution >= 0.6 is 7.82 Å². The van der Waals surface area contributed by atoms with Crippen molar-refractivity contribution in [2.45, 2.75) is 148 Å². The molecular formula is C60H66NNa2O19P. The van der Waals surface area contributed by atoms with E-state index in [1.54, 1.807) is 100 Å². The molecule has 4 aliphatic rings. The first-order valence-corrected chi connectivity index (χ1v) is 27.9. The summed E-state index contributed by atoms with van der Waals surface area (Å²) in [7, 11) is -5.38. The van der Waals surface area contributed by atoms with Gasteiger partial charge in [-0.25, -0.2) is 9.59 Å². The van der Waals surface area contributed by atoms with Gasteiger partial charge in [0.05, 0.1) is 29.9 Å². The molecule has 3 fully saturated rings. The Hall–Kier alpha value is -5.06. The number of Topliss-reactive ketones (excluding diaryl/α,β-unsaturated/α-hetero) is 1. The van der Waals surface area contributed by atoms with Gasteiger partial charge >= 0.3 is 96.8 Å². The summed E-state index contributed by atoms with van der Waals surface area (Å²) in [4.78, 5) is 114. The Morgan fingerprint density at radius 1 is 0.843 bits per heavy atom. The van der Waals surface area contributed by atoms with Gasteiger partial charge in [-0.2, -0.15) is 0 Å². The number of phosphoric acid groups is 1. The van der Waals surface area contributed by atoms with E-state index in [1.807, 2.05) is 0 Å². The zero-order valence-electron chi connectivity index (χ0n) is 48.5. The van der Waals surface area contributed by atoms with Crippen LogP contribution in [0.3, 0.4) is 0 Å². The molecule has 23 heteroatoms. The van der Waals surface area contributed by atoms with Crippen molar-refractivity contribution in [3.8, 4) is 5.75 Å². The number of carbonyl (C=O) groups excluding carboxylic acids is 6. The van der Waals surface area contributed by atoms with Gasteiger partial charge in [0.15, 0.2) is 23.6 Å². The number of aliphatic hydroxyl groups is 2. The second kappa shape index (κ2) is 25.5. The number of ether oxygens (including phenoxy) is 6. The Morgan fingerprint density at radius 2 is 1.42 bits per heavy atom. The molecule has 4 aromatic rings. The first-order chi connectivity index (χ1) is 37.9. The fourth-order valence-corrected chi connectivity index (χ4v) is 13.3. The number of nitrogens with zero attached hydrogens (tertiary/aromatic N) is 1. The summed E-state index contributed by atoms with van der Waals surface area (Å²) in [6, 6.07) is 25.2. The summed E-state index contributed by atoms with van der Waals surface area (Å²) < 4.78 is 54.8. The molecule has 0 amide bonds. The summed E-state index contributed by atoms with van der Waals surface area (Å²) in [5.41, 5.74) is -8.36. The average Bonchev–Trinajstić information content (AvgIpc) is 1.51. The third-order valence-corrected chi connectivity index (χ3v) is 17.0. The molecule has 8 rings (SSSR count). The maximum absolute atomic E-state index is 16.5. The van der Waals surface area contributed by atoms with Crippen LogP contribution in [0, 0.1) is 30.6 Å². The van der Waals surface area contributed by atoms with Gasteiger partial charge in [-0.15, -0.1) is 0 Å². The molecule has 20 nitrogen and oxygen atoms in total. The van der Waals surface area contributed by atoms with Crippen LogP contribution in [0.2, 0.25) is 0 Å². The van der Waals surface area contributed by atoms with E-state index in [0.29, 0.717) is 11.1 Å². The van der Waals surface area contributed by atoms with Gasteiger partial charge < -0.3 is 58.1 Å². The normalized spacial score (nSPS) is 27.7. The molecule has 2 bridgehead atoms. The minimum Gasteiger partial charge on any atom is -0.858 e. The van der Waals surface area contributed by atoms with Crippen LogP contribution in [0.1, 0.15) is 119 Å². The van der Waals surface area contributed by atoms with Crippen molar-refractivity contribution in [3.05, 3.63) is 148 Å². The summed E-state index contributed by atoms with van der Waals surface area (Å²) in [5, 5.41) is 39.8. The molecule has 1 unspecified atom stereocenters. The molecule has 83 heavy (non-hydrogen) atoms. The van der Waals surface area contributed by atoms with Crippen molar-refractivity contribution in [1.29, 1.82) is 0 Å². The monoisotopic (exact) mass is 1180 g/mol. The number of carbonyl (C=O) groups is 6. The van der Waals surface area contributed by atoms with E-state index in [-0.39, 0.29) is 105 Å². The molecule has 1 aliphatic heterocycles. The van der Waals surface area contributed by atoms with E-state index in [1.165, 1.54) is 58.0 Å². The average molecular weight is 1180 g/mol. The topological polar surface area (TPSA) is 303 Å². The van der Waals surface area contributed by atoms with Gasteiger partial charge in [0.2, 0.25) is 0 Å². The molecule has 2 saturated carbocycles. The standard InChI is InChI=1S/C60H68NO19P.2Na/c1-32-26-33(2)45(40(27-32)80-81(71,72)73)56(6,7)30-44(64)77-42-28-43-59(31-74-43,79-36(5)63)50-52(78-54(68)39-24-18-13-19-25-39)60(70)29-41(34(3)46(57(60,8)9)49(75-35(4)62)51(66)58(42,50)10)76-55(69)48(65)47(37-20-14-11-15-21-37)61-53(67)38-22-16-12-17-23-38;;/h11-27,41-43,47-50,52,65,70H,28-31H2,1-10H3,(H,61,67)(H2,71,72,73);;/q;2*+1/p-2/t41-,42-,43+,47-,48+,49+,50-,52-,58+,59-,60+;;/m0../s1. The number of aryl methyl sites for hydroxylation is 2. The van der Waals surface area contributed by atoms with Gasteiger partial charge in [0.1, 0.15) is 41.8 Å². The molecule has 0 radical (unpaired) electrons. The quantitative estimate of drug-likeness (QED) is 0.0242. The third-order valence-electron chi connectivity index (χ3n) is 16.6. The maximum atomic E-state index is 16.5. The summed E-state index contributed by atoms with van der Waals surface area (Å²) in [6.07, 6.45) is -12.2. The predicted octanol–water partition coefficient (Wildman–Crippen LogP) is -0.504. The SMILES string of the molecule is CC(=O)O[C@H]1C(=O)[C@]2(C)[C@@H](OC(=O)CC(C)(C)c3c(C)cc(C)cc3OP(=O)([O-])O)C[C@H]3OC[C@@]3(OC(C)=O)[C@H]2[C@H](OC(=O)c2ccccc2)[C@]2(O)C[C@H](OC(=O)[C@H](O)[C@@H](N=C([O-])c3ccccc3)c3ccccc3)C(C)=C1C2(C)C.[Na+].[Na+]. The Morgan fingerprint density at radius 3 is 1.96 bits per heavy atom. The van der Waals surface area contributed by atoms with Gasteiger partial charge in [0.25, 0.3) is 0 Å². The van der Waals surface area contributed by atoms with Gasteiger partial charge in [0, 0.05) is 43.1 Å². The fraction of sp³-hybridized carbons (Fsp3) is 0.450. The molecule has 0 spiro atoms. The minimum atomic E-state index is -5.38. The first-order valence-electron chi connectivity index (χ1n) is 26.4. The van der Waals surface area contributed by atoms with E-state index in [9.17, 15) is 53.6 Å². The zero-order chi connectivity index (χ0) is 59.4. The van der Waals surface area contributed by atoms with E-state index < -0.39 is 145 Å². The number of aliphatic hydroxyl groups excluding tert-OH is 1. The molecule has 3 aliphatic carbocycles. The number of aliphatic imine (C=N–C) groups is 1. The van der Waals surface area contributed by atoms with Crippen LogP contribution in [-0.2, 0) is 62.4 Å². The van der Waals surface area contributed by atoms with Crippen molar-refractivity contribution in [2.75, 3.05) is 6.61 Å². The zero-order valence-corrected chi connectivity index (χ0v) is 53.4. The predicted molar refractivity (Wildman–Crippen MR) is 285 cm³/mol. The number of esters is 5. The van der Waals surface area contributed by atoms with Crippen molar-refractivity contribution < 1.29 is 150 Å². The second-order valence-electron chi connectivity index (χ2n) is 22.8. The van der Waals surface area contributed by atoms with Crippen LogP contribution in [0.5, 0.6) is 5.75 Å². The first kappa shape index (κ1) is 67.1.